The van der Waals surface area contributed by atoms with E-state index < -0.39 is 31.1 Å². The average molecular weight is 599 g/mol. The van der Waals surface area contributed by atoms with E-state index in [9.17, 15) is 35.8 Å². The Labute approximate surface area is 238 Å². The number of Topliss-reactive ketones (excluding diaryl/α,β-unsaturated/α-hetero) is 1. The van der Waals surface area contributed by atoms with Crippen LogP contribution < -0.4 is 10.2 Å². The lowest BCUT2D eigenvalue weighted by Crippen LogP contribution is -2.42. The van der Waals surface area contributed by atoms with E-state index in [-0.39, 0.29) is 44.6 Å². The molecule has 2 heterocycles. The highest BCUT2D eigenvalue weighted by Crippen LogP contribution is 2.52. The van der Waals surface area contributed by atoms with Crippen LogP contribution in [0.1, 0.15) is 51.7 Å². The summed E-state index contributed by atoms with van der Waals surface area (Å²) in [5.41, 5.74) is 2.32. The molecule has 0 amide bonds. The first-order valence-electron chi connectivity index (χ1n) is 13.1. The van der Waals surface area contributed by atoms with Crippen LogP contribution in [-0.4, -0.2) is 48.9 Å². The Bertz CT molecular complexity index is 1860. The zero-order valence-electron chi connectivity index (χ0n) is 22.8. The average Bonchev–Trinajstić information content (AvgIpc) is 3.64. The quantitative estimate of drug-likeness (QED) is 0.286. The summed E-state index contributed by atoms with van der Waals surface area (Å²) in [6.07, 6.45) is 5.20. The molecule has 2 aromatic carbocycles. The van der Waals surface area contributed by atoms with Gasteiger partial charge in [-0.25, -0.2) is 0 Å². The van der Waals surface area contributed by atoms with Crippen molar-refractivity contribution in [2.45, 2.75) is 73.2 Å². The lowest BCUT2D eigenvalue weighted by molar-refractivity contribution is -0.113. The summed E-state index contributed by atoms with van der Waals surface area (Å²) in [6.45, 7) is 7.57. The minimum Gasteiger partial charge on any atom is -0.506 e. The standard InChI is InChI=1S/C29H30N2O8S2/c1-28(2)20-11-16(40(34,35)36)7-9-22(20)30-24(28)13-18-26(32)19(27(18)33)14-25-29(3,4)21-12-17(41(37,38)39)8-10-23(21)31(25)15-5-6-15/h7-15,25,30,32H,5-6H2,1-4H3,(H,34,35,36)(H,37,38,39)/b19-14+,24-13+. The third-order valence-corrected chi connectivity index (χ3v) is 10.4. The van der Waals surface area contributed by atoms with Crippen LogP contribution in [0.25, 0.3) is 0 Å². The van der Waals surface area contributed by atoms with Crippen LogP contribution in [-0.2, 0) is 35.9 Å². The van der Waals surface area contributed by atoms with E-state index in [1.54, 1.807) is 24.3 Å². The second-order valence-electron chi connectivity index (χ2n) is 12.1. The van der Waals surface area contributed by atoms with Crippen molar-refractivity contribution in [1.29, 1.82) is 0 Å². The summed E-state index contributed by atoms with van der Waals surface area (Å²) in [7, 11) is -8.79. The van der Waals surface area contributed by atoms with E-state index in [0.717, 1.165) is 24.1 Å². The van der Waals surface area contributed by atoms with Gasteiger partial charge in [0, 0.05) is 33.9 Å². The first-order valence-corrected chi connectivity index (χ1v) is 16.0. The van der Waals surface area contributed by atoms with Gasteiger partial charge in [-0.1, -0.05) is 27.7 Å². The maximum atomic E-state index is 13.4. The number of rotatable bonds is 5. The van der Waals surface area contributed by atoms with Crippen LogP contribution in [0, 0.1) is 0 Å². The van der Waals surface area contributed by atoms with Crippen LogP contribution in [0.3, 0.4) is 0 Å². The lowest BCUT2D eigenvalue weighted by atomic mass is 9.76. The van der Waals surface area contributed by atoms with E-state index >= 15 is 0 Å². The van der Waals surface area contributed by atoms with E-state index in [2.05, 4.69) is 10.2 Å². The third kappa shape index (κ3) is 4.23. The number of benzene rings is 2. The van der Waals surface area contributed by atoms with Gasteiger partial charge in [-0.2, -0.15) is 16.8 Å². The summed E-state index contributed by atoms with van der Waals surface area (Å²) in [4.78, 5) is 15.1. The minimum atomic E-state index is -4.40. The SMILES string of the molecule is CC1(C)/C(=C\C2=C(O)C(=C\C3N(C4CC4)c4ccc(S(=O)(=O)O)cc4C3(C)C)/C2=O)Nc2ccc(S(=O)(=O)O)cc21. The van der Waals surface area contributed by atoms with E-state index in [4.69, 9.17) is 0 Å². The van der Waals surface area contributed by atoms with Gasteiger partial charge in [0.1, 0.15) is 5.76 Å². The van der Waals surface area contributed by atoms with Gasteiger partial charge >= 0.3 is 0 Å². The van der Waals surface area contributed by atoms with Gasteiger partial charge in [-0.05, 0) is 72.5 Å². The van der Waals surface area contributed by atoms with Gasteiger partial charge in [-0.15, -0.1) is 0 Å². The summed E-state index contributed by atoms with van der Waals surface area (Å²) in [6, 6.07) is 8.63. The maximum Gasteiger partial charge on any atom is 0.294 e. The number of aliphatic hydroxyl groups excluding tert-OH is 1. The molecule has 0 aromatic heterocycles. The van der Waals surface area contributed by atoms with E-state index in [1.807, 2.05) is 27.7 Å². The van der Waals surface area contributed by atoms with Crippen molar-refractivity contribution in [2.24, 2.45) is 0 Å². The molecule has 1 fully saturated rings. The van der Waals surface area contributed by atoms with Gasteiger partial charge < -0.3 is 15.3 Å². The van der Waals surface area contributed by atoms with Crippen molar-refractivity contribution in [3.8, 4) is 0 Å². The highest BCUT2D eigenvalue weighted by atomic mass is 32.2. The molecule has 41 heavy (non-hydrogen) atoms. The Morgan fingerprint density at radius 2 is 1.51 bits per heavy atom. The molecule has 2 aliphatic heterocycles. The minimum absolute atomic E-state index is 0.120. The van der Waals surface area contributed by atoms with Crippen LogP contribution in [0.4, 0.5) is 11.4 Å². The second-order valence-corrected chi connectivity index (χ2v) is 15.0. The highest BCUT2D eigenvalue weighted by Gasteiger charge is 2.50. The molecule has 1 unspecified atom stereocenters. The molecule has 10 nitrogen and oxygen atoms in total. The summed E-state index contributed by atoms with van der Waals surface area (Å²) >= 11 is 0. The summed E-state index contributed by atoms with van der Waals surface area (Å²) < 4.78 is 66.0. The van der Waals surface area contributed by atoms with Gasteiger partial charge in [0.2, 0.25) is 0 Å². The number of fused-ring (bicyclic) bond motifs is 2. The molecular weight excluding hydrogens is 568 g/mol. The lowest BCUT2D eigenvalue weighted by Gasteiger charge is -2.34. The molecule has 4 N–H and O–H groups in total. The number of ketones is 1. The third-order valence-electron chi connectivity index (χ3n) is 8.74. The van der Waals surface area contributed by atoms with Crippen LogP contribution in [0.2, 0.25) is 0 Å². The Kier molecular flexibility index (Phi) is 5.77. The first-order chi connectivity index (χ1) is 18.9. The number of hydrogen-bond donors (Lipinski definition) is 4. The van der Waals surface area contributed by atoms with Crippen molar-refractivity contribution in [3.63, 3.8) is 0 Å². The normalized spacial score (nSPS) is 24.9. The van der Waals surface area contributed by atoms with Gasteiger partial charge in [-0.3, -0.25) is 13.9 Å². The number of carbonyl (C=O) groups is 1. The predicted molar refractivity (Wildman–Crippen MR) is 152 cm³/mol. The highest BCUT2D eigenvalue weighted by molar-refractivity contribution is 7.86. The van der Waals surface area contributed by atoms with Crippen molar-refractivity contribution in [1.82, 2.24) is 0 Å². The number of carbonyl (C=O) groups excluding carboxylic acids is 1. The van der Waals surface area contributed by atoms with E-state index in [0.29, 0.717) is 16.9 Å². The van der Waals surface area contributed by atoms with Gasteiger partial charge in [0.25, 0.3) is 20.2 Å². The molecule has 0 spiro atoms. The molecule has 2 aromatic rings. The van der Waals surface area contributed by atoms with Crippen molar-refractivity contribution >= 4 is 37.4 Å². The fraction of sp³-hybridized carbons (Fsp3) is 0.345. The predicted octanol–water partition coefficient (Wildman–Crippen LogP) is 4.42. The number of aliphatic hydroxyl groups is 1. The Hall–Kier alpha value is -3.45. The molecule has 216 valence electrons. The Morgan fingerprint density at radius 3 is 2.07 bits per heavy atom. The number of anilines is 2. The fourth-order valence-corrected chi connectivity index (χ4v) is 7.16. The number of allylic oxidation sites excluding steroid dienone is 4. The molecule has 1 atom stereocenters. The molecule has 0 saturated heterocycles. The first kappa shape index (κ1) is 27.7. The molecule has 0 bridgehead atoms. The molecule has 4 aliphatic rings. The molecule has 12 heteroatoms. The Balaban J connectivity index is 1.36. The van der Waals surface area contributed by atoms with Gasteiger partial charge in [0.05, 0.1) is 27.0 Å². The number of nitrogens with zero attached hydrogens (tertiary/aromatic N) is 1. The number of hydrogen-bond acceptors (Lipinski definition) is 8. The maximum absolute atomic E-state index is 13.4. The van der Waals surface area contributed by atoms with Crippen molar-refractivity contribution in [2.75, 3.05) is 10.2 Å². The summed E-state index contributed by atoms with van der Waals surface area (Å²) in [5.74, 6) is -0.501. The van der Waals surface area contributed by atoms with E-state index in [1.165, 1.54) is 24.3 Å². The smallest absolute Gasteiger partial charge is 0.294 e. The zero-order chi connectivity index (χ0) is 29.9. The van der Waals surface area contributed by atoms with Crippen LogP contribution in [0.5, 0.6) is 0 Å². The molecule has 2 aliphatic carbocycles. The van der Waals surface area contributed by atoms with Crippen molar-refractivity contribution in [3.05, 3.63) is 82.3 Å². The fourth-order valence-electron chi connectivity index (χ4n) is 6.15. The topological polar surface area (TPSA) is 161 Å². The van der Waals surface area contributed by atoms with Gasteiger partial charge in [0.15, 0.2) is 5.78 Å². The van der Waals surface area contributed by atoms with Crippen molar-refractivity contribution < 1.29 is 35.8 Å². The summed E-state index contributed by atoms with van der Waals surface area (Å²) in [5, 5.41) is 14.2. The second kappa shape index (κ2) is 8.54. The Morgan fingerprint density at radius 1 is 0.927 bits per heavy atom. The van der Waals surface area contributed by atoms with Crippen LogP contribution in [0.15, 0.2) is 80.9 Å². The molecule has 1 saturated carbocycles. The molecular formula is C29H30N2O8S2. The largest absolute Gasteiger partial charge is 0.506 e. The molecule has 6 rings (SSSR count). The van der Waals surface area contributed by atoms with Crippen LogP contribution >= 0.6 is 0 Å². The molecule has 0 radical (unpaired) electrons. The number of nitrogens with one attached hydrogen (secondary N) is 1. The monoisotopic (exact) mass is 598 g/mol. The zero-order valence-corrected chi connectivity index (χ0v) is 24.5.